The van der Waals surface area contributed by atoms with Gasteiger partial charge in [0, 0.05) is 32.9 Å². The lowest BCUT2D eigenvalue weighted by atomic mass is 9.91. The lowest BCUT2D eigenvalue weighted by Gasteiger charge is -2.17. The van der Waals surface area contributed by atoms with Crippen LogP contribution < -0.4 is 0 Å². The van der Waals surface area contributed by atoms with Crippen molar-refractivity contribution in [3.63, 3.8) is 0 Å². The second kappa shape index (κ2) is 12.9. The number of benzene rings is 10. The first-order valence-corrected chi connectivity index (χ1v) is 20.0. The van der Waals surface area contributed by atoms with E-state index in [1.54, 1.807) is 0 Å². The van der Waals surface area contributed by atoms with Crippen molar-refractivity contribution in [2.24, 2.45) is 0 Å². The zero-order chi connectivity index (χ0) is 38.2. The van der Waals surface area contributed by atoms with Gasteiger partial charge in [-0.15, -0.1) is 0 Å². The van der Waals surface area contributed by atoms with Crippen LogP contribution in [0.25, 0.3) is 110 Å². The summed E-state index contributed by atoms with van der Waals surface area (Å²) in [6.07, 6.45) is 0. The molecule has 0 saturated carbocycles. The fourth-order valence-electron chi connectivity index (χ4n) is 9.43. The summed E-state index contributed by atoms with van der Waals surface area (Å²) in [5.41, 5.74) is 14.3. The Morgan fingerprint density at radius 2 is 0.621 bits per heavy atom. The highest BCUT2D eigenvalue weighted by Gasteiger charge is 2.18. The Hall–Kier alpha value is -7.68. The van der Waals surface area contributed by atoms with Gasteiger partial charge in [0.15, 0.2) is 0 Å². The summed E-state index contributed by atoms with van der Waals surface area (Å²) >= 11 is 0. The van der Waals surface area contributed by atoms with E-state index >= 15 is 0 Å². The molecule has 10 aromatic carbocycles. The first-order valence-electron chi connectivity index (χ1n) is 20.0. The fraction of sp³-hybridized carbons (Fsp3) is 0. The van der Waals surface area contributed by atoms with Gasteiger partial charge in [0.2, 0.25) is 0 Å². The first-order chi connectivity index (χ1) is 28.8. The molecule has 0 bridgehead atoms. The minimum absolute atomic E-state index is 1.13. The zero-order valence-corrected chi connectivity index (χ0v) is 31.7. The Bertz CT molecular complexity index is 3330. The van der Waals surface area contributed by atoms with Crippen molar-refractivity contribution in [1.29, 1.82) is 0 Å². The maximum atomic E-state index is 2.44. The Morgan fingerprint density at radius 1 is 0.224 bits per heavy atom. The molecule has 0 fully saturated rings. The third-order valence-electron chi connectivity index (χ3n) is 12.1. The fourth-order valence-corrected chi connectivity index (χ4v) is 9.43. The highest BCUT2D eigenvalue weighted by molar-refractivity contribution is 6.11. The first kappa shape index (κ1) is 32.6. The standard InChI is InChI=1S/C56H36N2/c1-2-14-37(15-3-1)40-30-28-38-16-12-22-45(51(38)34-40)46-23-13-17-39-29-31-41(35-52(39)46)42-32-43(57-53-24-8-4-18-47(53)48-19-5-9-25-54(48)57)36-44(33-42)58-55-26-10-6-20-49(55)50-21-7-11-27-56(50)58/h1-36H. The van der Waals surface area contributed by atoms with Crippen molar-refractivity contribution in [3.8, 4) is 44.8 Å². The van der Waals surface area contributed by atoms with Gasteiger partial charge in [0.05, 0.1) is 22.1 Å². The molecule has 2 nitrogen and oxygen atoms in total. The third-order valence-corrected chi connectivity index (χ3v) is 12.1. The molecule has 0 aliphatic rings. The minimum Gasteiger partial charge on any atom is -0.309 e. The van der Waals surface area contributed by atoms with Crippen LogP contribution in [0.5, 0.6) is 0 Å². The second-order valence-electron chi connectivity index (χ2n) is 15.3. The molecule has 12 aromatic rings. The SMILES string of the molecule is c1ccc(-c2ccc3cccc(-c4cccc5ccc(-c6cc(-n7c8ccccc8c8ccccc87)cc(-n7c8ccccc8c8ccccc87)c6)cc45)c3c2)cc1. The lowest BCUT2D eigenvalue weighted by Crippen LogP contribution is -2.00. The topological polar surface area (TPSA) is 9.86 Å². The van der Waals surface area contributed by atoms with E-state index in [0.717, 1.165) is 16.9 Å². The second-order valence-corrected chi connectivity index (χ2v) is 15.3. The van der Waals surface area contributed by atoms with Gasteiger partial charge in [-0.2, -0.15) is 0 Å². The van der Waals surface area contributed by atoms with Crippen LogP contribution in [0.3, 0.4) is 0 Å². The molecule has 0 aliphatic carbocycles. The largest absolute Gasteiger partial charge is 0.309 e. The molecule has 0 amide bonds. The molecule has 2 aromatic heterocycles. The number of hydrogen-bond donors (Lipinski definition) is 0. The monoisotopic (exact) mass is 736 g/mol. The number of hydrogen-bond acceptors (Lipinski definition) is 0. The summed E-state index contributed by atoms with van der Waals surface area (Å²) < 4.78 is 4.89. The van der Waals surface area contributed by atoms with Crippen LogP contribution in [0.15, 0.2) is 218 Å². The number of nitrogens with zero attached hydrogens (tertiary/aromatic N) is 2. The molecule has 0 N–H and O–H groups in total. The molecular formula is C56H36N2. The van der Waals surface area contributed by atoms with E-state index in [0.29, 0.717) is 0 Å². The van der Waals surface area contributed by atoms with Gasteiger partial charge in [-0.25, -0.2) is 0 Å². The molecule has 0 aliphatic heterocycles. The van der Waals surface area contributed by atoms with E-state index in [-0.39, 0.29) is 0 Å². The van der Waals surface area contributed by atoms with Gasteiger partial charge in [0.1, 0.15) is 0 Å². The molecular weight excluding hydrogens is 701 g/mol. The number of fused-ring (bicyclic) bond motifs is 8. The number of para-hydroxylation sites is 4. The normalized spacial score (nSPS) is 11.8. The van der Waals surface area contributed by atoms with Crippen LogP contribution in [-0.4, -0.2) is 9.13 Å². The molecule has 0 spiro atoms. The highest BCUT2D eigenvalue weighted by atomic mass is 15.0. The summed E-state index contributed by atoms with van der Waals surface area (Å²) in [7, 11) is 0. The van der Waals surface area contributed by atoms with Crippen LogP contribution in [0.1, 0.15) is 0 Å². The van der Waals surface area contributed by atoms with Crippen LogP contribution in [0.2, 0.25) is 0 Å². The summed E-state index contributed by atoms with van der Waals surface area (Å²) in [6, 6.07) is 80.2. The Kier molecular flexibility index (Phi) is 7.26. The molecule has 0 atom stereocenters. The van der Waals surface area contributed by atoms with Crippen molar-refractivity contribution in [2.75, 3.05) is 0 Å². The molecule has 2 heteroatoms. The number of aromatic nitrogens is 2. The van der Waals surface area contributed by atoms with Crippen molar-refractivity contribution in [1.82, 2.24) is 9.13 Å². The molecule has 0 unspecified atom stereocenters. The smallest absolute Gasteiger partial charge is 0.0541 e. The van der Waals surface area contributed by atoms with Gasteiger partial charge in [-0.3, -0.25) is 0 Å². The molecule has 0 radical (unpaired) electrons. The van der Waals surface area contributed by atoms with Crippen molar-refractivity contribution >= 4 is 65.2 Å². The van der Waals surface area contributed by atoms with Gasteiger partial charge < -0.3 is 9.13 Å². The molecule has 0 saturated heterocycles. The molecule has 58 heavy (non-hydrogen) atoms. The average Bonchev–Trinajstić information content (AvgIpc) is 3.82. The Labute approximate surface area is 336 Å². The van der Waals surface area contributed by atoms with Crippen molar-refractivity contribution < 1.29 is 0 Å². The van der Waals surface area contributed by atoms with E-state index < -0.39 is 0 Å². The van der Waals surface area contributed by atoms with E-state index in [1.807, 2.05) is 0 Å². The van der Waals surface area contributed by atoms with Crippen LogP contribution >= 0.6 is 0 Å². The van der Waals surface area contributed by atoms with Crippen LogP contribution in [-0.2, 0) is 0 Å². The van der Waals surface area contributed by atoms with E-state index in [9.17, 15) is 0 Å². The van der Waals surface area contributed by atoms with Gasteiger partial charge in [-0.05, 0) is 110 Å². The summed E-state index contributed by atoms with van der Waals surface area (Å²) in [4.78, 5) is 0. The quantitative estimate of drug-likeness (QED) is 0.167. The minimum atomic E-state index is 1.13. The van der Waals surface area contributed by atoms with Gasteiger partial charge in [-0.1, -0.05) is 164 Å². The van der Waals surface area contributed by atoms with Crippen LogP contribution in [0.4, 0.5) is 0 Å². The van der Waals surface area contributed by atoms with Gasteiger partial charge in [0.25, 0.3) is 0 Å². The van der Waals surface area contributed by atoms with Gasteiger partial charge >= 0.3 is 0 Å². The summed E-state index contributed by atoms with van der Waals surface area (Å²) in [6.45, 7) is 0. The van der Waals surface area contributed by atoms with E-state index in [4.69, 9.17) is 0 Å². The predicted octanol–water partition coefficient (Wildman–Crippen LogP) is 15.2. The van der Waals surface area contributed by atoms with Crippen molar-refractivity contribution in [3.05, 3.63) is 218 Å². The Balaban J connectivity index is 1.12. The van der Waals surface area contributed by atoms with E-state index in [2.05, 4.69) is 228 Å². The summed E-state index contributed by atoms with van der Waals surface area (Å²) in [5, 5.41) is 9.96. The molecule has 270 valence electrons. The highest BCUT2D eigenvalue weighted by Crippen LogP contribution is 2.41. The molecule has 2 heterocycles. The van der Waals surface area contributed by atoms with Crippen molar-refractivity contribution in [2.45, 2.75) is 0 Å². The maximum Gasteiger partial charge on any atom is 0.0541 e. The Morgan fingerprint density at radius 3 is 1.07 bits per heavy atom. The predicted molar refractivity (Wildman–Crippen MR) is 246 cm³/mol. The maximum absolute atomic E-state index is 2.44. The van der Waals surface area contributed by atoms with Crippen LogP contribution in [0, 0.1) is 0 Å². The number of rotatable bonds is 5. The van der Waals surface area contributed by atoms with E-state index in [1.165, 1.54) is 93.0 Å². The molecule has 12 rings (SSSR count). The average molecular weight is 737 g/mol. The third kappa shape index (κ3) is 5.05. The zero-order valence-electron chi connectivity index (χ0n) is 31.7. The lowest BCUT2D eigenvalue weighted by molar-refractivity contribution is 1.13. The summed E-state index contributed by atoms with van der Waals surface area (Å²) in [5.74, 6) is 0.